The summed E-state index contributed by atoms with van der Waals surface area (Å²) in [5, 5.41) is 13.2. The summed E-state index contributed by atoms with van der Waals surface area (Å²) in [5.41, 5.74) is -2.63. The van der Waals surface area contributed by atoms with Gasteiger partial charge in [0.15, 0.2) is 5.37 Å². The molecule has 0 heterocycles. The van der Waals surface area contributed by atoms with E-state index in [4.69, 9.17) is 4.74 Å². The van der Waals surface area contributed by atoms with Crippen molar-refractivity contribution in [3.8, 4) is 0 Å². The lowest BCUT2D eigenvalue weighted by molar-refractivity contribution is -0.140. The molecule has 0 saturated heterocycles. The quantitative estimate of drug-likeness (QED) is 0.427. The molecule has 0 spiro atoms. The van der Waals surface area contributed by atoms with E-state index in [1.54, 1.807) is 41.5 Å². The molecule has 9 heteroatoms. The highest BCUT2D eigenvalue weighted by molar-refractivity contribution is 8.00. The smallest absolute Gasteiger partial charge is 0.407 e. The summed E-state index contributed by atoms with van der Waals surface area (Å²) in [5.74, 6) is -1.86. The van der Waals surface area contributed by atoms with Gasteiger partial charge < -0.3 is 25.3 Å². The number of ether oxygens (including phenoxy) is 1. The summed E-state index contributed by atoms with van der Waals surface area (Å²) in [6, 6.07) is 0. The molecule has 3 atom stereocenters. The molecular weight excluding hydrogens is 360 g/mol. The van der Waals surface area contributed by atoms with E-state index in [1.165, 1.54) is 0 Å². The molecule has 2 amide bonds. The Labute approximate surface area is 157 Å². The summed E-state index contributed by atoms with van der Waals surface area (Å²) in [7, 11) is 0. The van der Waals surface area contributed by atoms with Crippen molar-refractivity contribution in [2.45, 2.75) is 52.5 Å². The lowest BCUT2D eigenvalue weighted by Crippen LogP contribution is -2.48. The van der Waals surface area contributed by atoms with Gasteiger partial charge >= 0.3 is 12.1 Å². The first-order valence-electron chi connectivity index (χ1n) is 8.41. The zero-order chi connectivity index (χ0) is 20.3. The Balaban J connectivity index is 2.96. The number of thioether (sulfide) groups is 1. The van der Waals surface area contributed by atoms with Gasteiger partial charge in [0, 0.05) is 12.5 Å². The van der Waals surface area contributed by atoms with E-state index in [9.17, 15) is 24.3 Å². The number of hydrogen-bond donors (Lipinski definition) is 3. The van der Waals surface area contributed by atoms with Crippen LogP contribution < -0.4 is 10.6 Å². The standard InChI is InChI=1S/C17H28N2O6S/c1-7-26-11(12(21)22)19-13(23)17(10(8-20)16(17,5)6)9-18-14(24)25-15(2,3)4/h8,10-11H,7,9H2,1-6H3,(H,18,24)(H,19,23)(H,21,22). The van der Waals surface area contributed by atoms with Crippen LogP contribution in [0.3, 0.4) is 0 Å². The van der Waals surface area contributed by atoms with E-state index in [0.29, 0.717) is 12.0 Å². The van der Waals surface area contributed by atoms with E-state index in [2.05, 4.69) is 10.6 Å². The highest BCUT2D eigenvalue weighted by Crippen LogP contribution is 2.67. The van der Waals surface area contributed by atoms with Crippen molar-refractivity contribution in [1.29, 1.82) is 0 Å². The predicted octanol–water partition coefficient (Wildman–Crippen LogP) is 1.63. The van der Waals surface area contributed by atoms with Gasteiger partial charge in [-0.3, -0.25) is 4.79 Å². The average molecular weight is 388 g/mol. The molecule has 1 saturated carbocycles. The fraction of sp³-hybridized carbons (Fsp3) is 0.765. The number of amides is 2. The molecule has 26 heavy (non-hydrogen) atoms. The molecule has 1 fully saturated rings. The maximum absolute atomic E-state index is 12.9. The van der Waals surface area contributed by atoms with Gasteiger partial charge in [-0.15, -0.1) is 11.8 Å². The van der Waals surface area contributed by atoms with E-state index >= 15 is 0 Å². The van der Waals surface area contributed by atoms with Crippen molar-refractivity contribution in [2.75, 3.05) is 12.3 Å². The molecule has 8 nitrogen and oxygen atoms in total. The second kappa shape index (κ2) is 7.85. The molecule has 0 radical (unpaired) electrons. The van der Waals surface area contributed by atoms with Crippen LogP contribution in [0.5, 0.6) is 0 Å². The van der Waals surface area contributed by atoms with Crippen LogP contribution >= 0.6 is 11.8 Å². The van der Waals surface area contributed by atoms with Gasteiger partial charge in [0.1, 0.15) is 11.9 Å². The van der Waals surface area contributed by atoms with E-state index < -0.39 is 45.7 Å². The maximum atomic E-state index is 12.9. The Kier molecular flexibility index (Phi) is 6.73. The SMILES string of the molecule is CCSC(NC(=O)C1(CNC(=O)OC(C)(C)C)C(C=O)C1(C)C)C(=O)O. The number of carbonyl (C=O) groups excluding carboxylic acids is 3. The molecule has 3 unspecified atom stereocenters. The van der Waals surface area contributed by atoms with Gasteiger partial charge in [-0.2, -0.15) is 0 Å². The summed E-state index contributed by atoms with van der Waals surface area (Å²) < 4.78 is 5.17. The van der Waals surface area contributed by atoms with Gasteiger partial charge in [0.05, 0.1) is 5.41 Å². The molecule has 0 aromatic heterocycles. The topological polar surface area (TPSA) is 122 Å². The van der Waals surface area contributed by atoms with Crippen LogP contribution in [0.15, 0.2) is 0 Å². The molecule has 0 aliphatic heterocycles. The van der Waals surface area contributed by atoms with Gasteiger partial charge in [-0.05, 0) is 31.9 Å². The van der Waals surface area contributed by atoms with Crippen molar-refractivity contribution in [3.05, 3.63) is 0 Å². The Hall–Kier alpha value is -1.77. The zero-order valence-electron chi connectivity index (χ0n) is 16.0. The highest BCUT2D eigenvalue weighted by Gasteiger charge is 2.75. The Morgan fingerprint density at radius 3 is 2.27 bits per heavy atom. The normalized spacial score (nSPS) is 24.9. The highest BCUT2D eigenvalue weighted by atomic mass is 32.2. The Morgan fingerprint density at radius 1 is 1.31 bits per heavy atom. The summed E-state index contributed by atoms with van der Waals surface area (Å²) >= 11 is 1.07. The zero-order valence-corrected chi connectivity index (χ0v) is 16.9. The summed E-state index contributed by atoms with van der Waals surface area (Å²) in [6.45, 7) is 10.3. The number of alkyl carbamates (subject to hydrolysis) is 1. The first kappa shape index (κ1) is 22.3. The van der Waals surface area contributed by atoms with E-state index in [1.807, 2.05) is 0 Å². The molecule has 3 N–H and O–H groups in total. The Bertz CT molecular complexity index is 586. The van der Waals surface area contributed by atoms with Gasteiger partial charge in [-0.25, -0.2) is 9.59 Å². The summed E-state index contributed by atoms with van der Waals surface area (Å²) in [6.07, 6.45) is -0.0197. The van der Waals surface area contributed by atoms with Crippen molar-refractivity contribution in [2.24, 2.45) is 16.7 Å². The molecular formula is C17H28N2O6S. The van der Waals surface area contributed by atoms with Crippen molar-refractivity contribution >= 4 is 36.0 Å². The lowest BCUT2D eigenvalue weighted by Gasteiger charge is -2.24. The number of rotatable bonds is 8. The number of hydrogen-bond acceptors (Lipinski definition) is 6. The van der Waals surface area contributed by atoms with Crippen LogP contribution in [0.2, 0.25) is 0 Å². The third-order valence-corrected chi connectivity index (χ3v) is 5.63. The molecule has 1 rings (SSSR count). The fourth-order valence-electron chi connectivity index (χ4n) is 3.15. The van der Waals surface area contributed by atoms with Crippen LogP contribution in [0.1, 0.15) is 41.5 Å². The van der Waals surface area contributed by atoms with Crippen LogP contribution in [0, 0.1) is 16.7 Å². The summed E-state index contributed by atoms with van der Waals surface area (Å²) in [4.78, 5) is 47.6. The van der Waals surface area contributed by atoms with Gasteiger partial charge in [0.25, 0.3) is 0 Å². The van der Waals surface area contributed by atoms with Crippen molar-refractivity contribution in [1.82, 2.24) is 10.6 Å². The van der Waals surface area contributed by atoms with E-state index in [-0.39, 0.29) is 6.54 Å². The molecule has 148 valence electrons. The fourth-order valence-corrected chi connectivity index (χ4v) is 3.81. The molecule has 1 aliphatic rings. The molecule has 1 aliphatic carbocycles. The van der Waals surface area contributed by atoms with Crippen molar-refractivity contribution < 1.29 is 29.0 Å². The van der Waals surface area contributed by atoms with Crippen LogP contribution in [0.25, 0.3) is 0 Å². The number of nitrogens with one attached hydrogen (secondary N) is 2. The van der Waals surface area contributed by atoms with Gasteiger partial charge in [-0.1, -0.05) is 20.8 Å². The number of carboxylic acids is 1. The third-order valence-electron chi connectivity index (χ3n) is 4.65. The first-order chi connectivity index (χ1) is 11.8. The minimum Gasteiger partial charge on any atom is -0.479 e. The Morgan fingerprint density at radius 2 is 1.88 bits per heavy atom. The van der Waals surface area contributed by atoms with Crippen molar-refractivity contribution in [3.63, 3.8) is 0 Å². The number of aldehydes is 1. The second-order valence-electron chi connectivity index (χ2n) is 7.81. The molecule has 0 bridgehead atoms. The lowest BCUT2D eigenvalue weighted by atomic mass is 9.94. The first-order valence-corrected chi connectivity index (χ1v) is 9.46. The maximum Gasteiger partial charge on any atom is 0.407 e. The molecule has 0 aromatic rings. The molecule has 0 aromatic carbocycles. The van der Waals surface area contributed by atoms with Crippen LogP contribution in [-0.4, -0.2) is 52.6 Å². The number of aliphatic carboxylic acids is 1. The number of carboxylic acid groups (broad SMARTS) is 1. The third kappa shape index (κ3) is 4.49. The second-order valence-corrected chi connectivity index (χ2v) is 9.19. The average Bonchev–Trinajstić information content (AvgIpc) is 2.98. The predicted molar refractivity (Wildman–Crippen MR) is 97.7 cm³/mol. The van der Waals surface area contributed by atoms with Crippen LogP contribution in [0.4, 0.5) is 4.79 Å². The van der Waals surface area contributed by atoms with E-state index in [0.717, 1.165) is 11.8 Å². The number of carbonyl (C=O) groups is 4. The minimum atomic E-state index is -1.21. The monoisotopic (exact) mass is 388 g/mol. The largest absolute Gasteiger partial charge is 0.479 e. The van der Waals surface area contributed by atoms with Crippen LogP contribution in [-0.2, 0) is 19.1 Å². The minimum absolute atomic E-state index is 0.118. The van der Waals surface area contributed by atoms with Gasteiger partial charge in [0.2, 0.25) is 5.91 Å².